The first kappa shape index (κ1) is 13.8. The maximum Gasteiger partial charge on any atom is 0.126 e. The molecule has 0 aliphatic carbocycles. The summed E-state index contributed by atoms with van der Waals surface area (Å²) in [5.41, 5.74) is 10.4. The van der Waals surface area contributed by atoms with Crippen LogP contribution in [0.5, 0.6) is 5.75 Å². The molecule has 20 heavy (non-hydrogen) atoms. The lowest BCUT2D eigenvalue weighted by Gasteiger charge is -2.10. The molecule has 2 nitrogen and oxygen atoms in total. The van der Waals surface area contributed by atoms with E-state index in [2.05, 4.69) is 41.1 Å². The second-order valence-corrected chi connectivity index (χ2v) is 6.90. The molecular weight excluding hydrogens is 334 g/mol. The van der Waals surface area contributed by atoms with Gasteiger partial charge < -0.3 is 10.5 Å². The maximum absolute atomic E-state index is 5.79. The Morgan fingerprint density at radius 3 is 2.95 bits per heavy atom. The molecule has 1 aliphatic rings. The van der Waals surface area contributed by atoms with Gasteiger partial charge in [-0.25, -0.2) is 0 Å². The molecule has 2 N–H and O–H groups in total. The molecule has 1 heterocycles. The minimum Gasteiger partial charge on any atom is -0.493 e. The molecule has 0 saturated heterocycles. The Kier molecular flexibility index (Phi) is 3.94. The first-order chi connectivity index (χ1) is 9.63. The number of fused-ring (bicyclic) bond motifs is 1. The van der Waals surface area contributed by atoms with Crippen LogP contribution in [0.4, 0.5) is 5.69 Å². The van der Waals surface area contributed by atoms with E-state index in [0.717, 1.165) is 34.7 Å². The van der Waals surface area contributed by atoms with Gasteiger partial charge in [0.1, 0.15) is 5.75 Å². The maximum atomic E-state index is 5.79. The zero-order valence-corrected chi connectivity index (χ0v) is 13.7. The summed E-state index contributed by atoms with van der Waals surface area (Å²) in [6, 6.07) is 10.4. The van der Waals surface area contributed by atoms with Crippen LogP contribution in [0.3, 0.4) is 0 Å². The number of rotatable bonds is 3. The first-order valence-electron chi connectivity index (χ1n) is 6.56. The second kappa shape index (κ2) is 5.70. The fourth-order valence-corrected chi connectivity index (χ4v) is 3.97. The van der Waals surface area contributed by atoms with Crippen molar-refractivity contribution >= 4 is 33.4 Å². The molecule has 2 aromatic rings. The molecule has 104 valence electrons. The van der Waals surface area contributed by atoms with Gasteiger partial charge in [0.05, 0.1) is 6.61 Å². The summed E-state index contributed by atoms with van der Waals surface area (Å²) < 4.78 is 6.90. The average Bonchev–Trinajstić information content (AvgIpc) is 2.85. The molecular formula is C16H16BrNOS. The van der Waals surface area contributed by atoms with Crippen molar-refractivity contribution < 1.29 is 4.74 Å². The summed E-state index contributed by atoms with van der Waals surface area (Å²) in [4.78, 5) is 1.27. The van der Waals surface area contributed by atoms with Crippen LogP contribution < -0.4 is 10.5 Å². The van der Waals surface area contributed by atoms with Gasteiger partial charge in [0.25, 0.3) is 0 Å². The third kappa shape index (κ3) is 2.81. The van der Waals surface area contributed by atoms with Gasteiger partial charge in [0.15, 0.2) is 0 Å². The topological polar surface area (TPSA) is 35.2 Å². The van der Waals surface area contributed by atoms with Crippen molar-refractivity contribution in [2.24, 2.45) is 0 Å². The van der Waals surface area contributed by atoms with Crippen molar-refractivity contribution in [3.8, 4) is 5.75 Å². The standard InChI is InChI=1S/C16H16BrNOS/c1-10-6-14(18)2-3-15(10)20-9-12-8-13(17)7-11-4-5-19-16(11)12/h2-3,6-8H,4-5,9,18H2,1H3. The van der Waals surface area contributed by atoms with E-state index in [1.54, 1.807) is 0 Å². The number of benzene rings is 2. The molecule has 4 heteroatoms. The predicted molar refractivity (Wildman–Crippen MR) is 88.5 cm³/mol. The lowest BCUT2D eigenvalue weighted by molar-refractivity contribution is 0.354. The molecule has 0 bridgehead atoms. The molecule has 0 unspecified atom stereocenters. The van der Waals surface area contributed by atoms with Crippen molar-refractivity contribution in [3.63, 3.8) is 0 Å². The van der Waals surface area contributed by atoms with Crippen LogP contribution in [0.25, 0.3) is 0 Å². The number of nitrogen functional groups attached to an aromatic ring is 1. The van der Waals surface area contributed by atoms with Crippen LogP contribution >= 0.6 is 27.7 Å². The molecule has 0 saturated carbocycles. The van der Waals surface area contributed by atoms with Crippen molar-refractivity contribution in [1.82, 2.24) is 0 Å². The number of hydrogen-bond acceptors (Lipinski definition) is 3. The number of hydrogen-bond donors (Lipinski definition) is 1. The normalized spacial score (nSPS) is 13.1. The molecule has 0 fully saturated rings. The molecule has 1 aliphatic heterocycles. The van der Waals surface area contributed by atoms with Crippen LogP contribution in [0.1, 0.15) is 16.7 Å². The highest BCUT2D eigenvalue weighted by Gasteiger charge is 2.17. The van der Waals surface area contributed by atoms with Crippen LogP contribution in [0.2, 0.25) is 0 Å². The average molecular weight is 350 g/mol. The van der Waals surface area contributed by atoms with E-state index >= 15 is 0 Å². The van der Waals surface area contributed by atoms with Crippen LogP contribution in [-0.2, 0) is 12.2 Å². The van der Waals surface area contributed by atoms with Gasteiger partial charge in [-0.3, -0.25) is 0 Å². The fourth-order valence-electron chi connectivity index (χ4n) is 2.44. The Balaban J connectivity index is 1.82. The van der Waals surface area contributed by atoms with E-state index in [-0.39, 0.29) is 0 Å². The summed E-state index contributed by atoms with van der Waals surface area (Å²) in [6.45, 7) is 2.89. The van der Waals surface area contributed by atoms with Gasteiger partial charge in [-0.15, -0.1) is 11.8 Å². The number of thioether (sulfide) groups is 1. The third-order valence-electron chi connectivity index (χ3n) is 3.41. The van der Waals surface area contributed by atoms with Crippen LogP contribution in [0.15, 0.2) is 39.7 Å². The highest BCUT2D eigenvalue weighted by atomic mass is 79.9. The van der Waals surface area contributed by atoms with E-state index in [4.69, 9.17) is 10.5 Å². The quantitative estimate of drug-likeness (QED) is 0.651. The number of anilines is 1. The molecule has 0 aromatic heterocycles. The zero-order chi connectivity index (χ0) is 14.1. The third-order valence-corrected chi connectivity index (χ3v) is 5.09. The van der Waals surface area contributed by atoms with Crippen molar-refractivity contribution in [2.45, 2.75) is 24.0 Å². The minimum absolute atomic E-state index is 0.796. The van der Waals surface area contributed by atoms with E-state index in [1.165, 1.54) is 21.6 Å². The Bertz CT molecular complexity index is 657. The monoisotopic (exact) mass is 349 g/mol. The summed E-state index contributed by atoms with van der Waals surface area (Å²) in [5, 5.41) is 0. The Hall–Kier alpha value is -1.13. The summed E-state index contributed by atoms with van der Waals surface area (Å²) in [7, 11) is 0. The number of halogens is 1. The van der Waals surface area contributed by atoms with Gasteiger partial charge in [-0.2, -0.15) is 0 Å². The summed E-state index contributed by atoms with van der Waals surface area (Å²) in [5.74, 6) is 1.99. The second-order valence-electron chi connectivity index (χ2n) is 4.97. The Morgan fingerprint density at radius 1 is 1.30 bits per heavy atom. The first-order valence-corrected chi connectivity index (χ1v) is 8.34. The van der Waals surface area contributed by atoms with Crippen molar-refractivity contribution in [3.05, 3.63) is 51.5 Å². The largest absolute Gasteiger partial charge is 0.493 e. The number of aryl methyl sites for hydroxylation is 1. The van der Waals surface area contributed by atoms with E-state index in [9.17, 15) is 0 Å². The molecule has 0 atom stereocenters. The van der Waals surface area contributed by atoms with Crippen LogP contribution in [0, 0.1) is 6.92 Å². The minimum atomic E-state index is 0.796. The Morgan fingerprint density at radius 2 is 2.15 bits per heavy atom. The van der Waals surface area contributed by atoms with E-state index in [1.807, 2.05) is 23.9 Å². The SMILES string of the molecule is Cc1cc(N)ccc1SCc1cc(Br)cc2c1OCC2. The van der Waals surface area contributed by atoms with E-state index < -0.39 is 0 Å². The van der Waals surface area contributed by atoms with Crippen LogP contribution in [-0.4, -0.2) is 6.61 Å². The number of ether oxygens (including phenoxy) is 1. The predicted octanol–water partition coefficient (Wildman–Crippen LogP) is 4.57. The Labute approximate surface area is 131 Å². The molecule has 2 aromatic carbocycles. The van der Waals surface area contributed by atoms with Crippen molar-refractivity contribution in [2.75, 3.05) is 12.3 Å². The molecule has 0 amide bonds. The lowest BCUT2D eigenvalue weighted by atomic mass is 10.1. The summed E-state index contributed by atoms with van der Waals surface area (Å²) >= 11 is 5.41. The molecule has 3 rings (SSSR count). The van der Waals surface area contributed by atoms with Gasteiger partial charge in [-0.1, -0.05) is 15.9 Å². The van der Waals surface area contributed by atoms with Crippen molar-refractivity contribution in [1.29, 1.82) is 0 Å². The van der Waals surface area contributed by atoms with Gasteiger partial charge in [0.2, 0.25) is 0 Å². The zero-order valence-electron chi connectivity index (χ0n) is 11.3. The van der Waals surface area contributed by atoms with E-state index in [0.29, 0.717) is 0 Å². The van der Waals surface area contributed by atoms with Gasteiger partial charge in [-0.05, 0) is 48.4 Å². The lowest BCUT2D eigenvalue weighted by Crippen LogP contribution is -1.92. The van der Waals surface area contributed by atoms with Gasteiger partial charge in [0, 0.05) is 32.8 Å². The van der Waals surface area contributed by atoms with Gasteiger partial charge >= 0.3 is 0 Å². The summed E-state index contributed by atoms with van der Waals surface area (Å²) in [6.07, 6.45) is 1.01. The smallest absolute Gasteiger partial charge is 0.126 e. The highest BCUT2D eigenvalue weighted by molar-refractivity contribution is 9.10. The number of nitrogens with two attached hydrogens (primary N) is 1. The molecule has 0 radical (unpaired) electrons. The molecule has 0 spiro atoms. The fraction of sp³-hybridized carbons (Fsp3) is 0.250. The highest BCUT2D eigenvalue weighted by Crippen LogP contribution is 2.37.